The third kappa shape index (κ3) is 3.68. The summed E-state index contributed by atoms with van der Waals surface area (Å²) in [6.45, 7) is 1.87. The van der Waals surface area contributed by atoms with E-state index in [9.17, 15) is 4.79 Å². The molecule has 0 fully saturated rings. The SMILES string of the molecule is CC1=C(C(N)=O)[C@@H](c2ccccc2)N=C(SCc2ccccc2)N1. The van der Waals surface area contributed by atoms with Crippen LogP contribution in [0, 0.1) is 0 Å². The van der Waals surface area contributed by atoms with Crippen LogP contribution < -0.4 is 11.1 Å². The highest BCUT2D eigenvalue weighted by atomic mass is 32.2. The lowest BCUT2D eigenvalue weighted by molar-refractivity contribution is -0.114. The number of benzene rings is 2. The molecule has 24 heavy (non-hydrogen) atoms. The van der Waals surface area contributed by atoms with E-state index < -0.39 is 5.91 Å². The first-order valence-electron chi connectivity index (χ1n) is 7.72. The van der Waals surface area contributed by atoms with Crippen molar-refractivity contribution in [2.45, 2.75) is 18.7 Å². The summed E-state index contributed by atoms with van der Waals surface area (Å²) in [7, 11) is 0. The lowest BCUT2D eigenvalue weighted by atomic mass is 9.96. The van der Waals surface area contributed by atoms with Crippen molar-refractivity contribution in [2.75, 3.05) is 0 Å². The first-order valence-corrected chi connectivity index (χ1v) is 8.71. The normalized spacial score (nSPS) is 17.2. The van der Waals surface area contributed by atoms with Gasteiger partial charge in [-0.3, -0.25) is 4.79 Å². The number of amidine groups is 1. The van der Waals surface area contributed by atoms with Crippen molar-refractivity contribution in [1.29, 1.82) is 0 Å². The van der Waals surface area contributed by atoms with E-state index in [1.54, 1.807) is 11.8 Å². The average molecular weight is 337 g/mol. The maximum absolute atomic E-state index is 11.9. The molecule has 1 aliphatic heterocycles. The zero-order valence-corrected chi connectivity index (χ0v) is 14.2. The zero-order chi connectivity index (χ0) is 16.9. The Morgan fingerprint density at radius 1 is 1.12 bits per heavy atom. The molecule has 4 nitrogen and oxygen atoms in total. The van der Waals surface area contributed by atoms with Crippen LogP contribution in [0.2, 0.25) is 0 Å². The van der Waals surface area contributed by atoms with Gasteiger partial charge in [0, 0.05) is 11.4 Å². The van der Waals surface area contributed by atoms with E-state index in [1.807, 2.05) is 55.5 Å². The lowest BCUT2D eigenvalue weighted by Crippen LogP contribution is -2.32. The molecule has 0 saturated heterocycles. The smallest absolute Gasteiger partial charge is 0.248 e. The van der Waals surface area contributed by atoms with Crippen LogP contribution in [0.3, 0.4) is 0 Å². The second-order valence-electron chi connectivity index (χ2n) is 5.55. The molecule has 1 aliphatic rings. The molecule has 0 spiro atoms. The number of thioether (sulfide) groups is 1. The largest absolute Gasteiger partial charge is 0.366 e. The third-order valence-corrected chi connectivity index (χ3v) is 4.78. The minimum Gasteiger partial charge on any atom is -0.366 e. The van der Waals surface area contributed by atoms with Gasteiger partial charge in [-0.1, -0.05) is 72.4 Å². The minimum absolute atomic E-state index is 0.358. The van der Waals surface area contributed by atoms with Crippen LogP contribution in [0.4, 0.5) is 0 Å². The van der Waals surface area contributed by atoms with Gasteiger partial charge in [0.2, 0.25) is 5.91 Å². The summed E-state index contributed by atoms with van der Waals surface area (Å²) < 4.78 is 0. The zero-order valence-electron chi connectivity index (χ0n) is 13.4. The van der Waals surface area contributed by atoms with E-state index in [4.69, 9.17) is 10.7 Å². The summed E-state index contributed by atoms with van der Waals surface area (Å²) in [5.74, 6) is 0.373. The van der Waals surface area contributed by atoms with Crippen LogP contribution in [0.15, 0.2) is 76.9 Å². The van der Waals surface area contributed by atoms with E-state index in [2.05, 4.69) is 17.4 Å². The Morgan fingerprint density at radius 3 is 2.38 bits per heavy atom. The van der Waals surface area contributed by atoms with Crippen molar-refractivity contribution >= 4 is 22.8 Å². The highest BCUT2D eigenvalue weighted by Crippen LogP contribution is 2.32. The monoisotopic (exact) mass is 337 g/mol. The summed E-state index contributed by atoms with van der Waals surface area (Å²) in [5, 5.41) is 4.01. The highest BCUT2D eigenvalue weighted by Gasteiger charge is 2.27. The summed E-state index contributed by atoms with van der Waals surface area (Å²) in [6, 6.07) is 19.6. The fourth-order valence-electron chi connectivity index (χ4n) is 2.64. The van der Waals surface area contributed by atoms with Crippen molar-refractivity contribution in [2.24, 2.45) is 10.7 Å². The van der Waals surface area contributed by atoms with E-state index in [0.717, 1.165) is 22.2 Å². The number of aliphatic imine (C=N–C) groups is 1. The summed E-state index contributed by atoms with van der Waals surface area (Å²) >= 11 is 1.62. The number of nitrogens with one attached hydrogen (secondary N) is 1. The average Bonchev–Trinajstić information content (AvgIpc) is 2.60. The van der Waals surface area contributed by atoms with Gasteiger partial charge in [-0.2, -0.15) is 0 Å². The first kappa shape index (κ1) is 16.3. The number of hydrogen-bond acceptors (Lipinski definition) is 4. The standard InChI is InChI=1S/C19H19N3OS/c1-13-16(18(20)23)17(15-10-6-3-7-11-15)22-19(21-13)24-12-14-8-4-2-5-9-14/h2-11,17H,12H2,1H3,(H2,20,23)(H,21,22)/t17-/m1/s1. The molecular weight excluding hydrogens is 318 g/mol. The van der Waals surface area contributed by atoms with Crippen LogP contribution in [0.5, 0.6) is 0 Å². The van der Waals surface area contributed by atoms with Gasteiger partial charge in [0.1, 0.15) is 6.04 Å². The Balaban J connectivity index is 1.85. The van der Waals surface area contributed by atoms with E-state index >= 15 is 0 Å². The van der Waals surface area contributed by atoms with E-state index in [1.165, 1.54) is 5.56 Å². The third-order valence-electron chi connectivity index (χ3n) is 3.82. The molecule has 5 heteroatoms. The Bertz CT molecular complexity index is 785. The molecule has 0 saturated carbocycles. The fourth-order valence-corrected chi connectivity index (χ4v) is 3.54. The maximum Gasteiger partial charge on any atom is 0.248 e. The molecule has 0 unspecified atom stereocenters. The van der Waals surface area contributed by atoms with Gasteiger partial charge < -0.3 is 11.1 Å². The Kier molecular flexibility index (Phi) is 5.01. The van der Waals surface area contributed by atoms with Gasteiger partial charge >= 0.3 is 0 Å². The fraction of sp³-hybridized carbons (Fsp3) is 0.158. The molecule has 1 amide bonds. The topological polar surface area (TPSA) is 67.5 Å². The maximum atomic E-state index is 11.9. The molecule has 2 aromatic rings. The van der Waals surface area contributed by atoms with Crippen molar-refractivity contribution in [3.63, 3.8) is 0 Å². The summed E-state index contributed by atoms with van der Waals surface area (Å²) in [5.41, 5.74) is 9.06. The van der Waals surface area contributed by atoms with E-state index in [0.29, 0.717) is 5.57 Å². The van der Waals surface area contributed by atoms with Crippen molar-refractivity contribution < 1.29 is 4.79 Å². The van der Waals surface area contributed by atoms with Gasteiger partial charge in [-0.05, 0) is 18.1 Å². The number of allylic oxidation sites excluding steroid dienone is 1. The van der Waals surface area contributed by atoms with Crippen LogP contribution in [0.25, 0.3) is 0 Å². The quantitative estimate of drug-likeness (QED) is 0.899. The number of carbonyl (C=O) groups is 1. The number of primary amides is 1. The number of rotatable bonds is 4. The molecule has 1 heterocycles. The first-order chi connectivity index (χ1) is 11.6. The molecule has 3 N–H and O–H groups in total. The predicted molar refractivity (Wildman–Crippen MR) is 99.4 cm³/mol. The Hall–Kier alpha value is -2.53. The molecule has 122 valence electrons. The van der Waals surface area contributed by atoms with Crippen molar-refractivity contribution in [1.82, 2.24) is 5.32 Å². The number of nitrogens with zero attached hydrogens (tertiary/aromatic N) is 1. The molecule has 0 aromatic heterocycles. The number of carbonyl (C=O) groups excluding carboxylic acids is 1. The number of nitrogens with two attached hydrogens (primary N) is 1. The number of amides is 1. The molecule has 2 aromatic carbocycles. The summed E-state index contributed by atoms with van der Waals surface area (Å²) in [6.07, 6.45) is 0. The van der Waals surface area contributed by atoms with Gasteiger partial charge in [0.15, 0.2) is 5.17 Å². The molecule has 0 radical (unpaired) electrons. The van der Waals surface area contributed by atoms with Gasteiger partial charge in [-0.15, -0.1) is 0 Å². The van der Waals surface area contributed by atoms with E-state index in [-0.39, 0.29) is 6.04 Å². The lowest BCUT2D eigenvalue weighted by Gasteiger charge is -2.25. The molecule has 3 rings (SSSR count). The molecular formula is C19H19N3OS. The van der Waals surface area contributed by atoms with Gasteiger partial charge in [-0.25, -0.2) is 4.99 Å². The summed E-state index contributed by atoms with van der Waals surface area (Å²) in [4.78, 5) is 16.6. The minimum atomic E-state index is -0.440. The molecule has 1 atom stereocenters. The van der Waals surface area contributed by atoms with Crippen LogP contribution >= 0.6 is 11.8 Å². The van der Waals surface area contributed by atoms with Crippen LogP contribution in [0.1, 0.15) is 24.1 Å². The predicted octanol–water partition coefficient (Wildman–Crippen LogP) is 3.38. The van der Waals surface area contributed by atoms with Gasteiger partial charge in [0.25, 0.3) is 0 Å². The Morgan fingerprint density at radius 2 is 1.75 bits per heavy atom. The Labute approximate surface area is 145 Å². The van der Waals surface area contributed by atoms with Crippen molar-refractivity contribution in [3.05, 3.63) is 83.1 Å². The van der Waals surface area contributed by atoms with Gasteiger partial charge in [0.05, 0.1) is 5.57 Å². The van der Waals surface area contributed by atoms with Crippen LogP contribution in [-0.4, -0.2) is 11.1 Å². The number of hydrogen-bond donors (Lipinski definition) is 2. The van der Waals surface area contributed by atoms with Crippen LogP contribution in [-0.2, 0) is 10.5 Å². The second kappa shape index (κ2) is 7.36. The molecule has 0 aliphatic carbocycles. The highest BCUT2D eigenvalue weighted by molar-refractivity contribution is 8.13. The van der Waals surface area contributed by atoms with Crippen molar-refractivity contribution in [3.8, 4) is 0 Å². The second-order valence-corrected chi connectivity index (χ2v) is 6.51. The molecule has 0 bridgehead atoms.